The van der Waals surface area contributed by atoms with Gasteiger partial charge in [-0.1, -0.05) is 0 Å². The van der Waals surface area contributed by atoms with Crippen LogP contribution in [0.15, 0.2) is 12.4 Å². The summed E-state index contributed by atoms with van der Waals surface area (Å²) in [6, 6.07) is 2.52. The van der Waals surface area contributed by atoms with Crippen LogP contribution in [0.25, 0.3) is 0 Å². The number of rotatable bonds is 5. The Balaban J connectivity index is 1.91. The predicted octanol–water partition coefficient (Wildman–Crippen LogP) is 1.59. The van der Waals surface area contributed by atoms with Crippen molar-refractivity contribution in [3.63, 3.8) is 0 Å². The van der Waals surface area contributed by atoms with Crippen molar-refractivity contribution in [2.75, 3.05) is 17.2 Å². The molecular formula is C12H21N5. The van der Waals surface area contributed by atoms with E-state index in [0.717, 1.165) is 11.6 Å². The molecule has 1 saturated carbocycles. The molecule has 5 nitrogen and oxygen atoms in total. The van der Waals surface area contributed by atoms with Gasteiger partial charge in [-0.05, 0) is 33.1 Å². The molecule has 94 valence electrons. The zero-order valence-corrected chi connectivity index (χ0v) is 10.5. The summed E-state index contributed by atoms with van der Waals surface area (Å²) < 4.78 is 0. The van der Waals surface area contributed by atoms with E-state index in [1.165, 1.54) is 19.3 Å². The second-order valence-corrected chi connectivity index (χ2v) is 5.40. The van der Waals surface area contributed by atoms with Gasteiger partial charge in [-0.25, -0.2) is 9.97 Å². The van der Waals surface area contributed by atoms with E-state index < -0.39 is 0 Å². The maximum atomic E-state index is 5.91. The van der Waals surface area contributed by atoms with Gasteiger partial charge in [-0.3, -0.25) is 0 Å². The van der Waals surface area contributed by atoms with E-state index in [-0.39, 0.29) is 5.54 Å². The summed E-state index contributed by atoms with van der Waals surface area (Å²) in [6.07, 6.45) is 5.37. The number of anilines is 2. The number of aromatic nitrogens is 2. The topological polar surface area (TPSA) is 75.9 Å². The second-order valence-electron chi connectivity index (χ2n) is 5.40. The van der Waals surface area contributed by atoms with Gasteiger partial charge in [0.2, 0.25) is 0 Å². The van der Waals surface area contributed by atoms with Gasteiger partial charge in [0.05, 0.1) is 0 Å². The minimum Gasteiger partial charge on any atom is -0.368 e. The number of hydrogen-bond acceptors (Lipinski definition) is 5. The van der Waals surface area contributed by atoms with Gasteiger partial charge in [-0.2, -0.15) is 0 Å². The molecule has 0 amide bonds. The molecule has 0 bridgehead atoms. The van der Waals surface area contributed by atoms with Crippen LogP contribution in [0.4, 0.5) is 11.6 Å². The van der Waals surface area contributed by atoms with E-state index in [2.05, 4.69) is 20.6 Å². The van der Waals surface area contributed by atoms with Gasteiger partial charge in [0.1, 0.15) is 18.0 Å². The molecule has 0 radical (unpaired) electrons. The number of nitrogens with two attached hydrogens (primary N) is 1. The molecule has 17 heavy (non-hydrogen) atoms. The van der Waals surface area contributed by atoms with Gasteiger partial charge in [0.25, 0.3) is 0 Å². The average Bonchev–Trinajstić information content (AvgIpc) is 2.20. The molecule has 0 unspecified atom stereocenters. The highest BCUT2D eigenvalue weighted by Gasteiger charge is 2.17. The molecule has 1 aliphatic carbocycles. The summed E-state index contributed by atoms with van der Waals surface area (Å²) >= 11 is 0. The van der Waals surface area contributed by atoms with Gasteiger partial charge >= 0.3 is 0 Å². The molecule has 1 aromatic heterocycles. The van der Waals surface area contributed by atoms with Crippen molar-refractivity contribution < 1.29 is 0 Å². The van der Waals surface area contributed by atoms with Crippen LogP contribution in [0, 0.1) is 0 Å². The first-order valence-electron chi connectivity index (χ1n) is 6.14. The average molecular weight is 235 g/mol. The Bertz CT molecular complexity index is 367. The molecule has 1 aliphatic rings. The SMILES string of the molecule is CC(C)(N)CNc1cc(NC2CCC2)ncn1. The van der Waals surface area contributed by atoms with Crippen LogP contribution < -0.4 is 16.4 Å². The Hall–Kier alpha value is -1.36. The summed E-state index contributed by atoms with van der Waals surface area (Å²) in [5, 5.41) is 6.61. The maximum Gasteiger partial charge on any atom is 0.131 e. The molecule has 0 saturated heterocycles. The van der Waals surface area contributed by atoms with E-state index in [9.17, 15) is 0 Å². The van der Waals surface area contributed by atoms with Gasteiger partial charge in [-0.15, -0.1) is 0 Å². The Morgan fingerprint density at radius 3 is 2.65 bits per heavy atom. The lowest BCUT2D eigenvalue weighted by molar-refractivity contribution is 0.444. The zero-order valence-electron chi connectivity index (χ0n) is 10.5. The molecule has 1 heterocycles. The summed E-state index contributed by atoms with van der Waals surface area (Å²) in [7, 11) is 0. The van der Waals surface area contributed by atoms with E-state index in [0.29, 0.717) is 12.6 Å². The predicted molar refractivity (Wildman–Crippen MR) is 70.0 cm³/mol. The molecule has 0 atom stereocenters. The largest absolute Gasteiger partial charge is 0.368 e. The standard InChI is InChI=1S/C12H21N5/c1-12(2,13)7-14-10-6-11(16-8-15-10)17-9-4-3-5-9/h6,8-9H,3-5,7,13H2,1-2H3,(H2,14,15,16,17). The van der Waals surface area contributed by atoms with Gasteiger partial charge in [0.15, 0.2) is 0 Å². The third-order valence-corrected chi connectivity index (χ3v) is 2.85. The second kappa shape index (κ2) is 4.87. The molecule has 2 rings (SSSR count). The number of nitrogens with one attached hydrogen (secondary N) is 2. The first kappa shape index (κ1) is 12.1. The lowest BCUT2D eigenvalue weighted by Crippen LogP contribution is -2.39. The van der Waals surface area contributed by atoms with Gasteiger partial charge < -0.3 is 16.4 Å². The van der Waals surface area contributed by atoms with Crippen LogP contribution in [0.5, 0.6) is 0 Å². The fraction of sp³-hybridized carbons (Fsp3) is 0.667. The minimum absolute atomic E-state index is 0.244. The fourth-order valence-corrected chi connectivity index (χ4v) is 1.61. The van der Waals surface area contributed by atoms with E-state index >= 15 is 0 Å². The lowest BCUT2D eigenvalue weighted by atomic mass is 9.93. The normalized spacial score (nSPS) is 16.4. The number of nitrogens with zero attached hydrogens (tertiary/aromatic N) is 2. The summed E-state index contributed by atoms with van der Waals surface area (Å²) in [5.41, 5.74) is 5.67. The van der Waals surface area contributed by atoms with Crippen molar-refractivity contribution in [3.05, 3.63) is 12.4 Å². The van der Waals surface area contributed by atoms with Crippen molar-refractivity contribution >= 4 is 11.6 Å². The highest BCUT2D eigenvalue weighted by Crippen LogP contribution is 2.22. The Morgan fingerprint density at radius 1 is 1.35 bits per heavy atom. The van der Waals surface area contributed by atoms with Crippen LogP contribution in [-0.4, -0.2) is 28.1 Å². The summed E-state index contributed by atoms with van der Waals surface area (Å²) in [5.74, 6) is 1.71. The highest BCUT2D eigenvalue weighted by molar-refractivity contribution is 5.47. The first-order valence-corrected chi connectivity index (χ1v) is 6.14. The van der Waals surface area contributed by atoms with Crippen LogP contribution in [0.1, 0.15) is 33.1 Å². The van der Waals surface area contributed by atoms with Gasteiger partial charge in [0, 0.05) is 24.2 Å². The molecule has 0 aromatic carbocycles. The molecule has 1 fully saturated rings. The molecule has 0 aliphatic heterocycles. The van der Waals surface area contributed by atoms with E-state index in [4.69, 9.17) is 5.73 Å². The number of hydrogen-bond donors (Lipinski definition) is 3. The van der Waals surface area contributed by atoms with Crippen molar-refractivity contribution in [2.24, 2.45) is 5.73 Å². The third-order valence-electron chi connectivity index (χ3n) is 2.85. The summed E-state index contributed by atoms with van der Waals surface area (Å²) in [6.45, 7) is 4.65. The monoisotopic (exact) mass is 235 g/mol. The Labute approximate surface area is 102 Å². The van der Waals surface area contributed by atoms with E-state index in [1.807, 2.05) is 19.9 Å². The van der Waals surface area contributed by atoms with Crippen molar-refractivity contribution in [2.45, 2.75) is 44.7 Å². The molecule has 5 heteroatoms. The maximum absolute atomic E-state index is 5.91. The molecule has 4 N–H and O–H groups in total. The smallest absolute Gasteiger partial charge is 0.131 e. The minimum atomic E-state index is -0.244. The van der Waals surface area contributed by atoms with Crippen LogP contribution in [0.2, 0.25) is 0 Å². The fourth-order valence-electron chi connectivity index (χ4n) is 1.61. The molecule has 0 spiro atoms. The quantitative estimate of drug-likeness (QED) is 0.722. The van der Waals surface area contributed by atoms with Crippen molar-refractivity contribution in [1.29, 1.82) is 0 Å². The van der Waals surface area contributed by atoms with Crippen LogP contribution in [-0.2, 0) is 0 Å². The van der Waals surface area contributed by atoms with Crippen LogP contribution in [0.3, 0.4) is 0 Å². The van der Waals surface area contributed by atoms with Crippen molar-refractivity contribution in [1.82, 2.24) is 9.97 Å². The van der Waals surface area contributed by atoms with E-state index in [1.54, 1.807) is 6.33 Å². The lowest BCUT2D eigenvalue weighted by Gasteiger charge is -2.27. The molecule has 1 aromatic rings. The first-order chi connectivity index (χ1) is 8.03. The summed E-state index contributed by atoms with van der Waals surface area (Å²) in [4.78, 5) is 8.39. The van der Waals surface area contributed by atoms with Crippen LogP contribution >= 0.6 is 0 Å². The Morgan fingerprint density at radius 2 is 2.06 bits per heavy atom. The molecular weight excluding hydrogens is 214 g/mol. The van der Waals surface area contributed by atoms with Crippen molar-refractivity contribution in [3.8, 4) is 0 Å². The highest BCUT2D eigenvalue weighted by atomic mass is 15.1. The Kier molecular flexibility index (Phi) is 3.47. The zero-order chi connectivity index (χ0) is 12.3. The third kappa shape index (κ3) is 3.85.